The van der Waals surface area contributed by atoms with Crippen molar-refractivity contribution in [1.29, 1.82) is 0 Å². The van der Waals surface area contributed by atoms with Gasteiger partial charge in [0.15, 0.2) is 11.4 Å². The van der Waals surface area contributed by atoms with E-state index in [2.05, 4.69) is 0 Å². The molecule has 0 spiro atoms. The second-order valence-corrected chi connectivity index (χ2v) is 10.9. The third-order valence-electron chi connectivity index (χ3n) is 7.80. The van der Waals surface area contributed by atoms with E-state index in [0.29, 0.717) is 25.0 Å². The summed E-state index contributed by atoms with van der Waals surface area (Å²) >= 11 is 0. The number of Topliss-reactive ketones (excluding diaryl/α,β-unsaturated/α-hetero) is 1. The lowest BCUT2D eigenvalue weighted by molar-refractivity contribution is -0.352. The molecule has 4 N–H and O–H groups in total. The van der Waals surface area contributed by atoms with Crippen LogP contribution in [0.15, 0.2) is 0 Å². The molecule has 3 aliphatic rings. The predicted molar refractivity (Wildman–Crippen MR) is 123 cm³/mol. The first-order chi connectivity index (χ1) is 15.3. The van der Waals surface area contributed by atoms with E-state index in [0.717, 1.165) is 77.0 Å². The van der Waals surface area contributed by atoms with Crippen LogP contribution in [0.1, 0.15) is 97.3 Å². The molecule has 3 aliphatic carbocycles. The first kappa shape index (κ1) is 26.0. The summed E-state index contributed by atoms with van der Waals surface area (Å²) in [7, 11) is 0. The minimum absolute atomic E-state index is 0.126. The number of hydrogen-bond donors (Lipinski definition) is 2. The van der Waals surface area contributed by atoms with Crippen molar-refractivity contribution in [3.63, 3.8) is 0 Å². The highest BCUT2D eigenvalue weighted by Gasteiger charge is 2.36. The Balaban J connectivity index is 1.24. The molecule has 0 saturated heterocycles. The topological polar surface area (TPSA) is 106 Å². The van der Waals surface area contributed by atoms with E-state index < -0.39 is 5.60 Å². The van der Waals surface area contributed by atoms with Gasteiger partial charge in [0.1, 0.15) is 0 Å². The van der Waals surface area contributed by atoms with E-state index >= 15 is 0 Å². The van der Waals surface area contributed by atoms with Gasteiger partial charge in [0.2, 0.25) is 0 Å². The Bertz CT molecular complexity index is 559. The first-order valence-electron chi connectivity index (χ1n) is 13.0. The minimum Gasteiger partial charge on any atom is -0.328 e. The summed E-state index contributed by atoms with van der Waals surface area (Å²) in [5, 5.41) is 0. The summed E-state index contributed by atoms with van der Waals surface area (Å²) in [6.45, 7) is 4.78. The summed E-state index contributed by atoms with van der Waals surface area (Å²) in [6.07, 6.45) is 13.6. The van der Waals surface area contributed by atoms with Crippen LogP contribution in [0.5, 0.6) is 0 Å². The van der Waals surface area contributed by atoms with E-state index in [4.69, 9.17) is 31.0 Å². The lowest BCUT2D eigenvalue weighted by Gasteiger charge is -2.32. The average molecular weight is 455 g/mol. The van der Waals surface area contributed by atoms with Gasteiger partial charge in [-0.15, -0.1) is 0 Å². The Kier molecular flexibility index (Phi) is 10.4. The van der Waals surface area contributed by atoms with Crippen LogP contribution in [0.25, 0.3) is 0 Å². The van der Waals surface area contributed by atoms with Crippen molar-refractivity contribution in [2.24, 2.45) is 29.2 Å². The quantitative estimate of drug-likeness (QED) is 0.273. The molecule has 32 heavy (non-hydrogen) atoms. The largest absolute Gasteiger partial charge is 0.328 e. The van der Waals surface area contributed by atoms with Gasteiger partial charge in [0, 0.05) is 18.0 Å². The molecule has 0 heterocycles. The van der Waals surface area contributed by atoms with E-state index in [1.807, 2.05) is 13.8 Å². The number of ketones is 1. The Morgan fingerprint density at radius 1 is 0.906 bits per heavy atom. The maximum absolute atomic E-state index is 12.8. The fraction of sp³-hybridized carbons (Fsp3) is 0.960. The molecule has 0 amide bonds. The van der Waals surface area contributed by atoms with Crippen LogP contribution in [0.4, 0.5) is 0 Å². The molecule has 3 rings (SSSR count). The van der Waals surface area contributed by atoms with Crippen LogP contribution in [0.3, 0.4) is 0 Å². The summed E-state index contributed by atoms with van der Waals surface area (Å²) in [5.74, 6) is 1.23. The molecule has 0 aromatic carbocycles. The molecule has 0 aromatic rings. The Labute approximate surface area is 194 Å². The van der Waals surface area contributed by atoms with E-state index in [9.17, 15) is 4.79 Å². The zero-order chi connectivity index (χ0) is 23.0. The minimum atomic E-state index is -0.873. The molecule has 0 radical (unpaired) electrons. The third-order valence-corrected chi connectivity index (χ3v) is 7.80. The molecule has 3 atom stereocenters. The van der Waals surface area contributed by atoms with Gasteiger partial charge in [-0.1, -0.05) is 19.3 Å². The van der Waals surface area contributed by atoms with Gasteiger partial charge < -0.3 is 11.5 Å². The fourth-order valence-corrected chi connectivity index (χ4v) is 5.57. The maximum atomic E-state index is 12.8. The average Bonchev–Trinajstić information content (AvgIpc) is 2.79. The molecule has 3 saturated carbocycles. The second-order valence-electron chi connectivity index (χ2n) is 10.9. The number of nitrogens with two attached hydrogens (primary N) is 2. The summed E-state index contributed by atoms with van der Waals surface area (Å²) in [6, 6.07) is 0.439. The summed E-state index contributed by atoms with van der Waals surface area (Å²) in [4.78, 5) is 35.1. The molecular formula is C25H46N2O5. The number of carbonyl (C=O) groups excluding carboxylic acids is 1. The molecule has 0 aliphatic heterocycles. The van der Waals surface area contributed by atoms with Crippen LogP contribution < -0.4 is 11.5 Å². The van der Waals surface area contributed by atoms with Crippen molar-refractivity contribution < 1.29 is 24.3 Å². The Morgan fingerprint density at radius 3 is 2.31 bits per heavy atom. The van der Waals surface area contributed by atoms with Crippen LogP contribution in [-0.4, -0.2) is 42.8 Å². The van der Waals surface area contributed by atoms with Crippen molar-refractivity contribution in [3.05, 3.63) is 0 Å². The monoisotopic (exact) mass is 454 g/mol. The highest BCUT2D eigenvalue weighted by Crippen LogP contribution is 2.31. The van der Waals surface area contributed by atoms with Gasteiger partial charge in [-0.3, -0.25) is 4.79 Å². The van der Waals surface area contributed by atoms with Gasteiger partial charge in [0.05, 0.1) is 19.3 Å². The van der Waals surface area contributed by atoms with E-state index in [-0.39, 0.29) is 29.9 Å². The lowest BCUT2D eigenvalue weighted by Crippen LogP contribution is -2.42. The number of hydrogen-bond acceptors (Lipinski definition) is 7. The first-order valence-corrected chi connectivity index (χ1v) is 13.0. The van der Waals surface area contributed by atoms with Gasteiger partial charge >= 0.3 is 0 Å². The summed E-state index contributed by atoms with van der Waals surface area (Å²) < 4.78 is 0. The maximum Gasteiger partial charge on any atom is 0.170 e. The van der Waals surface area contributed by atoms with Crippen molar-refractivity contribution in [2.75, 3.05) is 13.2 Å². The molecule has 0 bridgehead atoms. The van der Waals surface area contributed by atoms with Crippen molar-refractivity contribution in [3.8, 4) is 0 Å². The van der Waals surface area contributed by atoms with Crippen LogP contribution in [0.2, 0.25) is 0 Å². The van der Waals surface area contributed by atoms with Gasteiger partial charge in [-0.25, -0.2) is 19.6 Å². The Hall–Kier alpha value is -0.570. The number of rotatable bonds is 11. The smallest absolute Gasteiger partial charge is 0.170 e. The molecule has 186 valence electrons. The molecule has 7 heteroatoms. The second kappa shape index (κ2) is 12.8. The van der Waals surface area contributed by atoms with Gasteiger partial charge in [-0.2, -0.15) is 0 Å². The zero-order valence-corrected chi connectivity index (χ0v) is 20.3. The fourth-order valence-electron chi connectivity index (χ4n) is 5.57. The van der Waals surface area contributed by atoms with E-state index in [1.165, 1.54) is 6.42 Å². The molecular weight excluding hydrogens is 408 g/mol. The normalized spacial score (nSPS) is 32.7. The van der Waals surface area contributed by atoms with Crippen LogP contribution >= 0.6 is 0 Å². The van der Waals surface area contributed by atoms with Crippen molar-refractivity contribution >= 4 is 5.78 Å². The van der Waals surface area contributed by atoms with E-state index in [1.54, 1.807) is 0 Å². The standard InChI is InChI=1S/C25H46N2O5/c1-25(2,24(28)20-6-4-3-5-7-20)32-30-17-18-8-12-22(13-9-18)31-29-15-14-19-10-11-21(26)16-23(19)27/h18-23H,3-17,26-27H2,1-2H3. The lowest BCUT2D eigenvalue weighted by atomic mass is 9.81. The van der Waals surface area contributed by atoms with Crippen LogP contribution in [0, 0.1) is 17.8 Å². The van der Waals surface area contributed by atoms with Gasteiger partial charge in [0.25, 0.3) is 0 Å². The third kappa shape index (κ3) is 8.03. The van der Waals surface area contributed by atoms with Crippen molar-refractivity contribution in [2.45, 2.75) is 121 Å². The molecule has 0 aromatic heterocycles. The number of carbonyl (C=O) groups is 1. The highest BCUT2D eigenvalue weighted by molar-refractivity contribution is 5.88. The molecule has 3 fully saturated rings. The zero-order valence-electron chi connectivity index (χ0n) is 20.3. The molecule has 7 nitrogen and oxygen atoms in total. The molecule has 3 unspecified atom stereocenters. The predicted octanol–water partition coefficient (Wildman–Crippen LogP) is 4.21. The Morgan fingerprint density at radius 2 is 1.62 bits per heavy atom. The van der Waals surface area contributed by atoms with Crippen molar-refractivity contribution in [1.82, 2.24) is 0 Å². The SMILES string of the molecule is CC(C)(OOCC1CCC(OOCCC2CCC(N)CC2N)CC1)C(=O)C1CCCCC1. The van der Waals surface area contributed by atoms with Gasteiger partial charge in [-0.05, 0) is 89.9 Å². The summed E-state index contributed by atoms with van der Waals surface area (Å²) in [5.41, 5.74) is 11.3. The van der Waals surface area contributed by atoms with Crippen LogP contribution in [-0.2, 0) is 24.3 Å². The highest BCUT2D eigenvalue weighted by atomic mass is 17.2.